The number of carbonyl (C=O) groups is 3. The average Bonchev–Trinajstić information content (AvgIpc) is 2.67. The van der Waals surface area contributed by atoms with E-state index in [-0.39, 0.29) is 18.4 Å². The van der Waals surface area contributed by atoms with Crippen LogP contribution >= 0.6 is 0 Å². The van der Waals surface area contributed by atoms with Gasteiger partial charge in [0.05, 0.1) is 12.2 Å². The van der Waals surface area contributed by atoms with E-state index in [0.29, 0.717) is 24.0 Å². The average molecular weight is 343 g/mol. The number of hydrogen-bond donors (Lipinski definition) is 0. The largest absolute Gasteiger partial charge is 0.534 e. The first-order valence-electron chi connectivity index (χ1n) is 8.32. The van der Waals surface area contributed by atoms with E-state index in [1.54, 1.807) is 13.8 Å². The molecule has 24 heavy (non-hydrogen) atoms. The number of carbonyl (C=O) groups excluding carboxylic acids is 3. The SMILES string of the molecule is CC(C)CC(C)(C)OCCC(C)(C)OC(=O)ON1C(=O)CCC1=O. The van der Waals surface area contributed by atoms with Gasteiger partial charge in [-0.25, -0.2) is 4.79 Å². The Kier molecular flexibility index (Phi) is 6.77. The van der Waals surface area contributed by atoms with Gasteiger partial charge in [-0.1, -0.05) is 18.9 Å². The summed E-state index contributed by atoms with van der Waals surface area (Å²) in [5.41, 5.74) is -1.09. The van der Waals surface area contributed by atoms with Crippen LogP contribution in [0.1, 0.15) is 67.2 Å². The molecule has 1 heterocycles. The fraction of sp³-hybridized carbons (Fsp3) is 0.824. The van der Waals surface area contributed by atoms with Crippen LogP contribution < -0.4 is 0 Å². The zero-order valence-electron chi connectivity index (χ0n) is 15.5. The second-order valence-corrected chi connectivity index (χ2v) is 7.74. The van der Waals surface area contributed by atoms with Crippen molar-refractivity contribution in [3.63, 3.8) is 0 Å². The van der Waals surface area contributed by atoms with Crippen LogP contribution in [-0.4, -0.2) is 40.8 Å². The summed E-state index contributed by atoms with van der Waals surface area (Å²) in [6, 6.07) is 0. The number of rotatable bonds is 8. The molecule has 1 saturated heterocycles. The third-order valence-electron chi connectivity index (χ3n) is 3.63. The van der Waals surface area contributed by atoms with Crippen molar-refractivity contribution >= 4 is 18.0 Å². The molecular weight excluding hydrogens is 314 g/mol. The van der Waals surface area contributed by atoms with Crippen molar-refractivity contribution in [2.24, 2.45) is 5.92 Å². The summed E-state index contributed by atoms with van der Waals surface area (Å²) in [6.07, 6.45) is 0.425. The van der Waals surface area contributed by atoms with Gasteiger partial charge in [0.15, 0.2) is 0 Å². The molecule has 1 aliphatic heterocycles. The summed E-state index contributed by atoms with van der Waals surface area (Å²) in [6.45, 7) is 12.2. The summed E-state index contributed by atoms with van der Waals surface area (Å²) in [5, 5.41) is 0.473. The van der Waals surface area contributed by atoms with Crippen LogP contribution in [0.3, 0.4) is 0 Å². The number of imide groups is 1. The minimum Gasteiger partial charge on any atom is -0.427 e. The molecule has 0 unspecified atom stereocenters. The molecule has 0 N–H and O–H groups in total. The maximum absolute atomic E-state index is 11.8. The topological polar surface area (TPSA) is 82.1 Å². The van der Waals surface area contributed by atoms with Gasteiger partial charge in [-0.05, 0) is 40.0 Å². The fourth-order valence-corrected chi connectivity index (χ4v) is 2.64. The van der Waals surface area contributed by atoms with Crippen molar-refractivity contribution in [1.82, 2.24) is 5.06 Å². The molecule has 0 aromatic carbocycles. The summed E-state index contributed by atoms with van der Waals surface area (Å²) in [5.74, 6) is -0.545. The number of ether oxygens (including phenoxy) is 2. The Morgan fingerprint density at radius 3 is 2.12 bits per heavy atom. The Balaban J connectivity index is 2.41. The Bertz CT molecular complexity index is 467. The van der Waals surface area contributed by atoms with Crippen molar-refractivity contribution in [1.29, 1.82) is 0 Å². The zero-order valence-corrected chi connectivity index (χ0v) is 15.5. The molecule has 0 saturated carbocycles. The van der Waals surface area contributed by atoms with E-state index in [2.05, 4.69) is 13.8 Å². The third-order valence-corrected chi connectivity index (χ3v) is 3.63. The van der Waals surface area contributed by atoms with E-state index in [1.165, 1.54) is 0 Å². The normalized spacial score (nSPS) is 16.0. The molecular formula is C17H29NO6. The molecule has 7 heteroatoms. The second kappa shape index (κ2) is 7.96. The van der Waals surface area contributed by atoms with Crippen LogP contribution in [0, 0.1) is 5.92 Å². The summed E-state index contributed by atoms with van der Waals surface area (Å²) in [7, 11) is 0. The Hall–Kier alpha value is -1.63. The van der Waals surface area contributed by atoms with Gasteiger partial charge < -0.3 is 9.47 Å². The van der Waals surface area contributed by atoms with E-state index in [9.17, 15) is 14.4 Å². The first-order chi connectivity index (χ1) is 10.9. The smallest absolute Gasteiger partial charge is 0.427 e. The first kappa shape index (κ1) is 20.4. The molecule has 0 radical (unpaired) electrons. The Labute approximate surface area is 143 Å². The highest BCUT2D eigenvalue weighted by atomic mass is 16.8. The lowest BCUT2D eigenvalue weighted by molar-refractivity contribution is -0.181. The molecule has 0 aliphatic carbocycles. The summed E-state index contributed by atoms with van der Waals surface area (Å²) in [4.78, 5) is 39.3. The quantitative estimate of drug-likeness (QED) is 0.497. The van der Waals surface area contributed by atoms with Crippen LogP contribution in [0.5, 0.6) is 0 Å². The monoisotopic (exact) mass is 343 g/mol. The van der Waals surface area contributed by atoms with Crippen molar-refractivity contribution < 1.29 is 28.7 Å². The first-order valence-corrected chi connectivity index (χ1v) is 8.32. The van der Waals surface area contributed by atoms with Gasteiger partial charge in [0, 0.05) is 19.3 Å². The molecule has 0 aromatic heterocycles. The number of hydrogen-bond acceptors (Lipinski definition) is 6. The highest BCUT2D eigenvalue weighted by Crippen LogP contribution is 2.23. The van der Waals surface area contributed by atoms with Crippen molar-refractivity contribution in [3.05, 3.63) is 0 Å². The second-order valence-electron chi connectivity index (χ2n) is 7.74. The Morgan fingerprint density at radius 1 is 1.08 bits per heavy atom. The maximum Gasteiger partial charge on any atom is 0.534 e. The lowest BCUT2D eigenvalue weighted by atomic mass is 9.96. The molecule has 1 aliphatic rings. The molecule has 1 rings (SSSR count). The van der Waals surface area contributed by atoms with Crippen LogP contribution in [0.2, 0.25) is 0 Å². The lowest BCUT2D eigenvalue weighted by Gasteiger charge is -2.30. The molecule has 2 amide bonds. The van der Waals surface area contributed by atoms with Gasteiger partial charge >= 0.3 is 6.16 Å². The minimum atomic E-state index is -1.06. The predicted molar refractivity (Wildman–Crippen MR) is 86.8 cm³/mol. The summed E-state index contributed by atoms with van der Waals surface area (Å²) >= 11 is 0. The van der Waals surface area contributed by atoms with Crippen LogP contribution in [0.15, 0.2) is 0 Å². The van der Waals surface area contributed by atoms with Crippen molar-refractivity contribution in [2.75, 3.05) is 6.61 Å². The number of amides is 2. The van der Waals surface area contributed by atoms with E-state index >= 15 is 0 Å². The number of hydroxylamine groups is 2. The molecule has 0 spiro atoms. The van der Waals surface area contributed by atoms with E-state index < -0.39 is 23.6 Å². The van der Waals surface area contributed by atoms with Gasteiger partial charge in [-0.2, -0.15) is 0 Å². The standard InChI is InChI=1S/C17H29NO6/c1-12(2)11-17(5,6)22-10-9-16(3,4)23-15(21)24-18-13(19)7-8-14(18)20/h12H,7-11H2,1-6H3. The van der Waals surface area contributed by atoms with Gasteiger partial charge in [-0.15, -0.1) is 0 Å². The van der Waals surface area contributed by atoms with Crippen molar-refractivity contribution in [2.45, 2.75) is 78.4 Å². The molecule has 7 nitrogen and oxygen atoms in total. The highest BCUT2D eigenvalue weighted by Gasteiger charge is 2.35. The highest BCUT2D eigenvalue weighted by molar-refractivity contribution is 6.01. The minimum absolute atomic E-state index is 0.0499. The van der Waals surface area contributed by atoms with Crippen molar-refractivity contribution in [3.8, 4) is 0 Å². The zero-order chi connectivity index (χ0) is 18.5. The number of nitrogens with zero attached hydrogens (tertiary/aromatic N) is 1. The maximum atomic E-state index is 11.8. The molecule has 0 aromatic rings. The molecule has 0 bridgehead atoms. The van der Waals surface area contributed by atoms with Gasteiger partial charge in [0.2, 0.25) is 0 Å². The van der Waals surface area contributed by atoms with Crippen LogP contribution in [0.25, 0.3) is 0 Å². The third kappa shape index (κ3) is 6.86. The van der Waals surface area contributed by atoms with Crippen LogP contribution in [0.4, 0.5) is 4.79 Å². The lowest BCUT2D eigenvalue weighted by Crippen LogP contribution is -2.37. The van der Waals surface area contributed by atoms with Gasteiger partial charge in [0.25, 0.3) is 11.8 Å². The van der Waals surface area contributed by atoms with Crippen LogP contribution in [-0.2, 0) is 23.9 Å². The Morgan fingerprint density at radius 2 is 1.62 bits per heavy atom. The summed E-state index contributed by atoms with van der Waals surface area (Å²) < 4.78 is 11.1. The molecule has 1 fully saturated rings. The molecule has 138 valence electrons. The fourth-order valence-electron chi connectivity index (χ4n) is 2.64. The van der Waals surface area contributed by atoms with E-state index in [0.717, 1.165) is 6.42 Å². The van der Waals surface area contributed by atoms with E-state index in [4.69, 9.17) is 14.3 Å². The predicted octanol–water partition coefficient (Wildman–Crippen LogP) is 3.21. The van der Waals surface area contributed by atoms with E-state index in [1.807, 2.05) is 13.8 Å². The molecule has 0 atom stereocenters. The van der Waals surface area contributed by atoms with Gasteiger partial charge in [-0.3, -0.25) is 14.4 Å². The van der Waals surface area contributed by atoms with Gasteiger partial charge in [0.1, 0.15) is 5.60 Å².